The number of unbranched alkanes of at least 4 members (excludes halogenated alkanes) is 1. The number of rotatable bonds is 13. The number of H-pyrrole nitrogens is 2. The van der Waals surface area contributed by atoms with Gasteiger partial charge in [-0.25, -0.2) is 4.98 Å². The molecule has 21 nitrogen and oxygen atoms in total. The topological polar surface area (TPSA) is 312 Å². The van der Waals surface area contributed by atoms with E-state index in [1.165, 1.54) is 24.3 Å². The van der Waals surface area contributed by atoms with Gasteiger partial charge in [0.25, 0.3) is 0 Å². The zero-order valence-corrected chi connectivity index (χ0v) is 42.4. The minimum atomic E-state index is -1.55. The summed E-state index contributed by atoms with van der Waals surface area (Å²) in [5.74, 6) is -6.22. The molecule has 4 heterocycles. The van der Waals surface area contributed by atoms with Crippen LogP contribution in [0, 0.1) is 0 Å². The second-order valence-electron chi connectivity index (χ2n) is 19.4. The van der Waals surface area contributed by atoms with Crippen LogP contribution in [0.3, 0.4) is 0 Å². The van der Waals surface area contributed by atoms with Crippen molar-refractivity contribution in [2.45, 2.75) is 140 Å². The Morgan fingerprint density at radius 1 is 0.773 bits per heavy atom. The lowest BCUT2D eigenvalue weighted by Crippen LogP contribution is -2.62. The first kappa shape index (κ1) is 54.7. The van der Waals surface area contributed by atoms with Crippen LogP contribution in [0.1, 0.15) is 94.9 Å². The minimum absolute atomic E-state index is 0.0118. The second kappa shape index (κ2) is 26.2. The lowest BCUT2D eigenvalue weighted by molar-refractivity contribution is -0.146. The van der Waals surface area contributed by atoms with Crippen LogP contribution in [0.2, 0.25) is 0 Å². The van der Waals surface area contributed by atoms with Gasteiger partial charge in [-0.3, -0.25) is 43.2 Å². The Hall–Kier alpha value is -8.10. The van der Waals surface area contributed by atoms with Crippen molar-refractivity contribution in [3.05, 3.63) is 102 Å². The molecule has 2 fully saturated rings. The first-order valence-corrected chi connectivity index (χ1v) is 25.8. The maximum Gasteiger partial charge on any atom is 0.246 e. The van der Waals surface area contributed by atoms with E-state index in [0.29, 0.717) is 55.3 Å². The largest absolute Gasteiger partial charge is 0.368 e. The Bertz CT molecular complexity index is 2850. The van der Waals surface area contributed by atoms with Crippen LogP contribution < -0.4 is 43.0 Å². The number of fused-ring (bicyclic) bond motifs is 3. The van der Waals surface area contributed by atoms with E-state index in [1.54, 1.807) is 6.20 Å². The molecule has 398 valence electrons. The summed E-state index contributed by atoms with van der Waals surface area (Å²) in [7, 11) is 0. The lowest BCUT2D eigenvalue weighted by atomic mass is 9.96. The molecule has 9 amide bonds. The van der Waals surface area contributed by atoms with Gasteiger partial charge in [-0.1, -0.05) is 80.4 Å². The normalized spacial score (nSPS) is 22.4. The van der Waals surface area contributed by atoms with Crippen LogP contribution >= 0.6 is 0 Å². The third-order valence-corrected chi connectivity index (χ3v) is 13.8. The number of para-hydroxylation sites is 1. The van der Waals surface area contributed by atoms with Gasteiger partial charge in [0.05, 0.1) is 12.7 Å². The third-order valence-electron chi connectivity index (χ3n) is 13.8. The van der Waals surface area contributed by atoms with Crippen molar-refractivity contribution in [1.29, 1.82) is 0 Å². The van der Waals surface area contributed by atoms with Gasteiger partial charge in [0.15, 0.2) is 0 Å². The summed E-state index contributed by atoms with van der Waals surface area (Å²) in [6.45, 7) is 3.38. The molecule has 2 saturated heterocycles. The van der Waals surface area contributed by atoms with E-state index in [9.17, 15) is 38.4 Å². The van der Waals surface area contributed by atoms with Gasteiger partial charge < -0.3 is 57.8 Å². The van der Waals surface area contributed by atoms with Gasteiger partial charge in [-0.05, 0) is 72.9 Å². The summed E-state index contributed by atoms with van der Waals surface area (Å²) < 4.78 is 0. The molecule has 2 aliphatic rings. The van der Waals surface area contributed by atoms with Crippen LogP contribution in [-0.4, -0.2) is 128 Å². The van der Waals surface area contributed by atoms with E-state index in [0.717, 1.165) is 21.7 Å². The number of piperidine rings is 1. The van der Waals surface area contributed by atoms with Crippen molar-refractivity contribution in [3.63, 3.8) is 0 Å². The van der Waals surface area contributed by atoms with Gasteiger partial charge in [-0.2, -0.15) is 0 Å². The number of aromatic nitrogens is 3. The Morgan fingerprint density at radius 2 is 1.49 bits per heavy atom. The molecule has 0 saturated carbocycles. The number of carbonyl (C=O) groups is 9. The number of amides is 9. The van der Waals surface area contributed by atoms with Crippen LogP contribution in [-0.2, 0) is 62.4 Å². The summed E-state index contributed by atoms with van der Waals surface area (Å²) in [5, 5.41) is 22.0. The Morgan fingerprint density at radius 3 is 2.25 bits per heavy atom. The summed E-state index contributed by atoms with van der Waals surface area (Å²) in [6.07, 6.45) is 7.40. The predicted molar refractivity (Wildman–Crippen MR) is 279 cm³/mol. The zero-order chi connectivity index (χ0) is 53.4. The smallest absolute Gasteiger partial charge is 0.246 e. The molecule has 0 radical (unpaired) electrons. The summed E-state index contributed by atoms with van der Waals surface area (Å²) in [4.78, 5) is 138. The van der Waals surface area contributed by atoms with Crippen molar-refractivity contribution in [2.24, 2.45) is 5.73 Å². The maximum atomic E-state index is 15.3. The van der Waals surface area contributed by atoms with Crippen molar-refractivity contribution >= 4 is 74.8 Å². The average Bonchev–Trinajstić information content (AvgIpc) is 4.07. The molecule has 7 rings (SSSR count). The number of carbonyl (C=O) groups excluding carboxylic acids is 9. The van der Waals surface area contributed by atoms with E-state index in [1.807, 2.05) is 73.7 Å². The quantitative estimate of drug-likeness (QED) is 0.0815. The molecule has 0 aliphatic carbocycles. The third kappa shape index (κ3) is 15.0. The molecule has 11 N–H and O–H groups in total. The number of imidazole rings is 1. The average molecular weight is 1030 g/mol. The SMILES string of the molecule is CCCC[C@H](NC(C)=O)C(=O)N[C@H]1CC(=O)NCCCC[C@@H](C(N)=O)NC(=O)[C@H](Cc2c[nH]c3ccccc23)NC(=O)[C@H]2CCCCN2C(=O)[C@@H](Cc2ccc3ccccc3c2)NC(=O)[C@H](Cc2cnc[nH]2)NC1=O. The number of aromatic amines is 2. The van der Waals surface area contributed by atoms with E-state index in [-0.39, 0.29) is 51.6 Å². The Balaban J connectivity index is 1.26. The highest BCUT2D eigenvalue weighted by Gasteiger charge is 2.40. The van der Waals surface area contributed by atoms with Crippen molar-refractivity contribution < 1.29 is 43.2 Å². The van der Waals surface area contributed by atoms with Gasteiger partial charge in [-0.15, -0.1) is 0 Å². The van der Waals surface area contributed by atoms with Crippen LogP contribution in [0.5, 0.6) is 0 Å². The number of primary amides is 1. The highest BCUT2D eigenvalue weighted by atomic mass is 16.2. The molecule has 3 aromatic carbocycles. The van der Waals surface area contributed by atoms with Crippen LogP contribution in [0.15, 0.2) is 85.5 Å². The fourth-order valence-corrected chi connectivity index (χ4v) is 9.76. The van der Waals surface area contributed by atoms with Crippen LogP contribution in [0.25, 0.3) is 21.7 Å². The predicted octanol–water partition coefficient (Wildman–Crippen LogP) is 1.75. The molecule has 2 aliphatic heterocycles. The number of nitrogens with two attached hydrogens (primary N) is 1. The summed E-state index contributed by atoms with van der Waals surface area (Å²) in [5.41, 5.74) is 8.48. The first-order chi connectivity index (χ1) is 36.2. The fourth-order valence-electron chi connectivity index (χ4n) is 9.76. The summed E-state index contributed by atoms with van der Waals surface area (Å²) >= 11 is 0. The van der Waals surface area contributed by atoms with Gasteiger partial charge in [0.1, 0.15) is 42.3 Å². The molecule has 21 heteroatoms. The number of benzene rings is 3. The molecular formula is C54H68N12O9. The van der Waals surface area contributed by atoms with Crippen LogP contribution in [0.4, 0.5) is 0 Å². The molecule has 0 unspecified atom stereocenters. The highest BCUT2D eigenvalue weighted by Crippen LogP contribution is 2.24. The van der Waals surface area contributed by atoms with Gasteiger partial charge in [0.2, 0.25) is 53.2 Å². The maximum absolute atomic E-state index is 15.3. The van der Waals surface area contributed by atoms with Crippen molar-refractivity contribution in [3.8, 4) is 0 Å². The monoisotopic (exact) mass is 1030 g/mol. The molecule has 7 atom stereocenters. The number of hydrogen-bond acceptors (Lipinski definition) is 10. The van der Waals surface area contributed by atoms with Crippen molar-refractivity contribution in [1.82, 2.24) is 57.1 Å². The Labute approximate surface area is 434 Å². The minimum Gasteiger partial charge on any atom is -0.368 e. The summed E-state index contributed by atoms with van der Waals surface area (Å²) in [6, 6.07) is 12.0. The number of hydrogen-bond donors (Lipinski definition) is 10. The first-order valence-electron chi connectivity index (χ1n) is 25.8. The van der Waals surface area contributed by atoms with E-state index in [4.69, 9.17) is 5.73 Å². The van der Waals surface area contributed by atoms with E-state index < -0.39 is 102 Å². The fraction of sp³-hybridized carbons (Fsp3) is 0.444. The highest BCUT2D eigenvalue weighted by molar-refractivity contribution is 5.99. The number of nitrogens with zero attached hydrogens (tertiary/aromatic N) is 2. The zero-order valence-electron chi connectivity index (χ0n) is 42.4. The van der Waals surface area contributed by atoms with Crippen molar-refractivity contribution in [2.75, 3.05) is 13.1 Å². The molecule has 0 spiro atoms. The molecule has 2 aromatic heterocycles. The number of nitrogens with one attached hydrogen (secondary N) is 9. The van der Waals surface area contributed by atoms with Gasteiger partial charge in [0, 0.05) is 68.3 Å². The van der Waals surface area contributed by atoms with E-state index in [2.05, 4.69) is 52.2 Å². The van der Waals surface area contributed by atoms with Gasteiger partial charge >= 0.3 is 0 Å². The molecule has 0 bridgehead atoms. The Kier molecular flexibility index (Phi) is 19.1. The molecular weight excluding hydrogens is 961 g/mol. The van der Waals surface area contributed by atoms with E-state index >= 15 is 4.79 Å². The second-order valence-corrected chi connectivity index (χ2v) is 19.4. The standard InChI is InChI=1S/C54H68N12O9/c1-3-4-16-41(60-32(2)67)49(70)63-44-28-47(68)57-22-11-9-18-40(48(55)69)61-50(71)42(26-36-29-58-39-17-8-7-15-38(36)39)64-53(74)46-19-10-12-23-66(46)54(75)45(25-33-20-21-34-13-5-6-14-35(34)24-33)65-51(72)43(62-52(44)73)27-37-30-56-31-59-37/h5-8,13-15,17,20-21,24,29-31,40-46,58H,3-4,9-12,16,18-19,22-23,25-28H2,1-2H3,(H2,55,69)(H,56,59)(H,57,68)(H,60,67)(H,61,71)(H,62,73)(H,63,70)(H,64,74)(H,65,72)/t40-,41-,42-,43-,44-,45+,46+/m0/s1. The molecule has 5 aromatic rings. The molecule has 75 heavy (non-hydrogen) atoms. The lowest BCUT2D eigenvalue weighted by Gasteiger charge is -2.38.